The third-order valence-corrected chi connectivity index (χ3v) is 7.46. The van der Waals surface area contributed by atoms with E-state index in [1.165, 1.54) is 5.56 Å². The zero-order valence-electron chi connectivity index (χ0n) is 23.2. The number of carbonyl (C=O) groups is 1. The van der Waals surface area contributed by atoms with Gasteiger partial charge in [0.25, 0.3) is 0 Å². The van der Waals surface area contributed by atoms with Crippen LogP contribution in [0.15, 0.2) is 72.8 Å². The lowest BCUT2D eigenvalue weighted by molar-refractivity contribution is -0.109. The van der Waals surface area contributed by atoms with Crippen LogP contribution in [0.3, 0.4) is 0 Å². The minimum atomic E-state index is 0.232. The highest BCUT2D eigenvalue weighted by Crippen LogP contribution is 2.32. The molecule has 4 heterocycles. The lowest BCUT2D eigenvalue weighted by Crippen LogP contribution is -2.45. The summed E-state index contributed by atoms with van der Waals surface area (Å²) in [6.07, 6.45) is 1.79. The Morgan fingerprint density at radius 1 is 1.00 bits per heavy atom. The molecule has 2 aliphatic rings. The molecule has 0 amide bonds. The molecule has 0 unspecified atom stereocenters. The van der Waals surface area contributed by atoms with Crippen molar-refractivity contribution in [2.75, 3.05) is 43.1 Å². The van der Waals surface area contributed by atoms with E-state index in [2.05, 4.69) is 27.0 Å². The van der Waals surface area contributed by atoms with E-state index in [9.17, 15) is 4.79 Å². The number of ether oxygens (including phenoxy) is 2. The summed E-state index contributed by atoms with van der Waals surface area (Å²) in [5.74, 6) is 2.94. The highest BCUT2D eigenvalue weighted by molar-refractivity contribution is 5.66. The second-order valence-corrected chi connectivity index (χ2v) is 10.4. The fraction of sp³-hybridized carbons (Fsp3) is 0.312. The number of pyridine rings is 1. The molecule has 210 valence electrons. The average Bonchev–Trinajstić information content (AvgIpc) is 3.01. The van der Waals surface area contributed by atoms with Crippen LogP contribution in [-0.4, -0.2) is 65.0 Å². The van der Waals surface area contributed by atoms with Gasteiger partial charge >= 0.3 is 0 Å². The van der Waals surface area contributed by atoms with Crippen LogP contribution in [0.1, 0.15) is 23.7 Å². The number of hydrogen-bond donors (Lipinski definition) is 1. The van der Waals surface area contributed by atoms with Crippen LogP contribution >= 0.6 is 0 Å². The zero-order chi connectivity index (χ0) is 28.0. The van der Waals surface area contributed by atoms with Gasteiger partial charge in [-0.3, -0.25) is 4.90 Å². The first-order chi connectivity index (χ1) is 20.2. The smallest absolute Gasteiger partial charge is 0.215 e. The fourth-order valence-electron chi connectivity index (χ4n) is 5.28. The molecule has 1 N–H and O–H groups in total. The quantitative estimate of drug-likeness (QED) is 0.299. The first-order valence-corrected chi connectivity index (χ1v) is 14.1. The van der Waals surface area contributed by atoms with E-state index in [1.807, 2.05) is 72.8 Å². The van der Waals surface area contributed by atoms with Crippen LogP contribution in [0.2, 0.25) is 0 Å². The number of rotatable bonds is 9. The molecule has 6 rings (SSSR count). The van der Waals surface area contributed by atoms with Crippen molar-refractivity contribution >= 4 is 23.6 Å². The van der Waals surface area contributed by atoms with Crippen LogP contribution in [0, 0.1) is 0 Å². The normalized spacial score (nSPS) is 17.1. The molecule has 2 aromatic heterocycles. The minimum Gasteiger partial charge on any atom is -0.473 e. The molecule has 4 aromatic rings. The monoisotopic (exact) mass is 550 g/mol. The molecule has 1 saturated heterocycles. The van der Waals surface area contributed by atoms with Gasteiger partial charge in [0, 0.05) is 42.5 Å². The molecule has 0 spiro atoms. The SMILES string of the molecule is C[C@H]1COCCN1c1nc(-c2ccc(Nc3cccc(OCc4ccccc4)n3)cc2)nc2c1CCN(CC=O)C2. The highest BCUT2D eigenvalue weighted by Gasteiger charge is 2.28. The zero-order valence-corrected chi connectivity index (χ0v) is 23.2. The Morgan fingerprint density at radius 3 is 2.66 bits per heavy atom. The number of hydrogen-bond acceptors (Lipinski definition) is 9. The number of benzene rings is 2. The average molecular weight is 551 g/mol. The van der Waals surface area contributed by atoms with Crippen molar-refractivity contribution in [1.82, 2.24) is 19.9 Å². The molecular weight excluding hydrogens is 516 g/mol. The van der Waals surface area contributed by atoms with Gasteiger partial charge in [0.15, 0.2) is 5.82 Å². The third kappa shape index (κ3) is 6.37. The van der Waals surface area contributed by atoms with E-state index in [1.54, 1.807) is 0 Å². The van der Waals surface area contributed by atoms with Crippen LogP contribution in [-0.2, 0) is 29.1 Å². The first kappa shape index (κ1) is 26.9. The Bertz CT molecular complexity index is 1480. The summed E-state index contributed by atoms with van der Waals surface area (Å²) in [5, 5.41) is 3.37. The highest BCUT2D eigenvalue weighted by atomic mass is 16.5. The van der Waals surface area contributed by atoms with Crippen LogP contribution < -0.4 is 15.0 Å². The Kier molecular flexibility index (Phi) is 8.16. The van der Waals surface area contributed by atoms with Crippen LogP contribution in [0.5, 0.6) is 5.88 Å². The number of aromatic nitrogens is 3. The number of nitrogens with one attached hydrogen (secondary N) is 1. The molecule has 0 aliphatic carbocycles. The number of aldehydes is 1. The van der Waals surface area contributed by atoms with Crippen molar-refractivity contribution in [1.29, 1.82) is 0 Å². The Labute approximate surface area is 240 Å². The molecule has 1 fully saturated rings. The molecule has 1 atom stereocenters. The predicted molar refractivity (Wildman–Crippen MR) is 158 cm³/mol. The molecule has 41 heavy (non-hydrogen) atoms. The maximum absolute atomic E-state index is 11.2. The third-order valence-electron chi connectivity index (χ3n) is 7.46. The van der Waals surface area contributed by atoms with Gasteiger partial charge in [0.2, 0.25) is 5.88 Å². The van der Waals surface area contributed by atoms with E-state index in [-0.39, 0.29) is 6.04 Å². The first-order valence-electron chi connectivity index (χ1n) is 14.1. The Hall–Kier alpha value is -4.34. The minimum absolute atomic E-state index is 0.232. The summed E-state index contributed by atoms with van der Waals surface area (Å²) < 4.78 is 11.6. The molecule has 0 radical (unpaired) electrons. The number of fused-ring (bicyclic) bond motifs is 1. The predicted octanol–water partition coefficient (Wildman–Crippen LogP) is 4.64. The number of carbonyl (C=O) groups excluding carboxylic acids is 1. The van der Waals surface area contributed by atoms with Crippen molar-refractivity contribution in [2.45, 2.75) is 32.5 Å². The summed E-state index contributed by atoms with van der Waals surface area (Å²) in [6, 6.07) is 24.0. The van der Waals surface area contributed by atoms with Gasteiger partial charge in [-0.1, -0.05) is 36.4 Å². The topological polar surface area (TPSA) is 92.7 Å². The molecule has 0 saturated carbocycles. The number of morpholine rings is 1. The van der Waals surface area contributed by atoms with E-state index in [0.29, 0.717) is 50.4 Å². The molecule has 9 heteroatoms. The number of nitrogens with zero attached hydrogens (tertiary/aromatic N) is 5. The van der Waals surface area contributed by atoms with Crippen molar-refractivity contribution in [3.05, 3.63) is 89.6 Å². The molecule has 0 bridgehead atoms. The van der Waals surface area contributed by atoms with Crippen molar-refractivity contribution < 1.29 is 14.3 Å². The lowest BCUT2D eigenvalue weighted by atomic mass is 10.0. The van der Waals surface area contributed by atoms with Gasteiger partial charge < -0.3 is 24.5 Å². The summed E-state index contributed by atoms with van der Waals surface area (Å²) in [6.45, 7) is 6.67. The largest absolute Gasteiger partial charge is 0.473 e. The molecule has 9 nitrogen and oxygen atoms in total. The van der Waals surface area contributed by atoms with Gasteiger partial charge in [-0.15, -0.1) is 0 Å². The lowest BCUT2D eigenvalue weighted by Gasteiger charge is -2.37. The molecule has 2 aliphatic heterocycles. The standard InChI is InChI=1S/C32H34N6O3/c1-23-21-40-19-17-38(23)32-27-14-15-37(16-18-39)20-28(27)34-31(36-32)25-10-12-26(13-11-25)33-29-8-5-9-30(35-29)41-22-24-6-3-2-4-7-24/h2-13,18,23H,14-17,19-22H2,1H3,(H,33,35)/t23-/m0/s1. The van der Waals surface area contributed by atoms with Gasteiger partial charge in [0.05, 0.1) is 31.5 Å². The Balaban J connectivity index is 1.21. The van der Waals surface area contributed by atoms with Crippen LogP contribution in [0.25, 0.3) is 11.4 Å². The maximum Gasteiger partial charge on any atom is 0.215 e. The van der Waals surface area contributed by atoms with Gasteiger partial charge in [0.1, 0.15) is 24.5 Å². The van der Waals surface area contributed by atoms with E-state index < -0.39 is 0 Å². The van der Waals surface area contributed by atoms with Gasteiger partial charge in [-0.05, 0) is 49.2 Å². The maximum atomic E-state index is 11.2. The van der Waals surface area contributed by atoms with Crippen LogP contribution in [0.4, 0.5) is 17.3 Å². The van der Waals surface area contributed by atoms with E-state index in [4.69, 9.17) is 19.4 Å². The summed E-state index contributed by atoms with van der Waals surface area (Å²) in [7, 11) is 0. The van der Waals surface area contributed by atoms with Gasteiger partial charge in [-0.2, -0.15) is 4.98 Å². The van der Waals surface area contributed by atoms with E-state index >= 15 is 0 Å². The van der Waals surface area contributed by atoms with Gasteiger partial charge in [-0.25, -0.2) is 9.97 Å². The second-order valence-electron chi connectivity index (χ2n) is 10.4. The second kappa shape index (κ2) is 12.4. The molecule has 2 aromatic carbocycles. The number of anilines is 3. The fourth-order valence-corrected chi connectivity index (χ4v) is 5.28. The van der Waals surface area contributed by atoms with Crippen molar-refractivity contribution in [3.63, 3.8) is 0 Å². The summed E-state index contributed by atoms with van der Waals surface area (Å²) in [5.41, 5.74) is 5.11. The van der Waals surface area contributed by atoms with Crippen molar-refractivity contribution in [3.8, 4) is 17.3 Å². The Morgan fingerprint density at radius 2 is 1.85 bits per heavy atom. The van der Waals surface area contributed by atoms with Crippen molar-refractivity contribution in [2.24, 2.45) is 0 Å². The summed E-state index contributed by atoms with van der Waals surface area (Å²) >= 11 is 0. The summed E-state index contributed by atoms with van der Waals surface area (Å²) in [4.78, 5) is 30.4. The molecular formula is C32H34N6O3. The van der Waals surface area contributed by atoms with E-state index in [0.717, 1.165) is 54.1 Å².